The zero-order valence-electron chi connectivity index (χ0n) is 33.1. The Morgan fingerprint density at radius 1 is 0.462 bits per heavy atom. The van der Waals surface area contributed by atoms with Crippen LogP contribution in [0.4, 0.5) is 11.4 Å². The SMILES string of the molecule is CCCCCCC1CCC(c2ccc(C(CCCCCC)c3ccc(N)cc3)cc2)(c2ccc(C(CCCCCC)c3ccc(N)cc3)cc2)CC1. The van der Waals surface area contributed by atoms with Crippen molar-refractivity contribution in [1.29, 1.82) is 0 Å². The van der Waals surface area contributed by atoms with Crippen LogP contribution in [0.15, 0.2) is 97.1 Å². The van der Waals surface area contributed by atoms with Gasteiger partial charge in [0.15, 0.2) is 0 Å². The molecule has 4 aromatic carbocycles. The maximum absolute atomic E-state index is 6.12. The molecule has 1 saturated carbocycles. The number of nitrogen functional groups attached to an aromatic ring is 2. The lowest BCUT2D eigenvalue weighted by molar-refractivity contribution is 0.250. The molecule has 4 aromatic rings. The van der Waals surface area contributed by atoms with Crippen molar-refractivity contribution in [3.63, 3.8) is 0 Å². The summed E-state index contributed by atoms with van der Waals surface area (Å²) in [6.07, 6.45) is 24.7. The van der Waals surface area contributed by atoms with E-state index in [1.54, 1.807) is 0 Å². The minimum absolute atomic E-state index is 0.0621. The molecule has 4 N–H and O–H groups in total. The number of anilines is 2. The molecule has 0 spiro atoms. The number of unbranched alkanes of at least 4 members (excludes halogenated alkanes) is 9. The van der Waals surface area contributed by atoms with Crippen LogP contribution in [0.1, 0.15) is 188 Å². The molecule has 0 bridgehead atoms. The molecule has 280 valence electrons. The summed E-state index contributed by atoms with van der Waals surface area (Å²) in [5.74, 6) is 1.67. The van der Waals surface area contributed by atoms with E-state index in [1.165, 1.54) is 155 Å². The van der Waals surface area contributed by atoms with Crippen molar-refractivity contribution in [2.24, 2.45) is 5.92 Å². The largest absolute Gasteiger partial charge is 0.399 e. The number of rotatable bonds is 21. The van der Waals surface area contributed by atoms with Crippen molar-refractivity contribution in [2.45, 2.75) is 160 Å². The first-order chi connectivity index (χ1) is 25.5. The van der Waals surface area contributed by atoms with Gasteiger partial charge < -0.3 is 11.5 Å². The van der Waals surface area contributed by atoms with Gasteiger partial charge >= 0.3 is 0 Å². The standard InChI is InChI=1S/C50H70N2/c1-4-7-10-13-16-39-35-37-50(38-36-39,44-27-19-40(20-28-44)48(17-14-11-8-5-2)42-23-31-46(51)32-24-42)45-29-21-41(22-30-45)49(18-15-12-9-6-3)43-25-33-47(52)34-26-43/h19-34,39,48-49H,4-18,35-38,51-52H2,1-3H3. The zero-order chi connectivity index (χ0) is 36.6. The topological polar surface area (TPSA) is 52.0 Å². The van der Waals surface area contributed by atoms with Crippen LogP contribution in [0.2, 0.25) is 0 Å². The molecule has 2 heteroatoms. The number of hydrogen-bond donors (Lipinski definition) is 2. The highest BCUT2D eigenvalue weighted by atomic mass is 14.5. The van der Waals surface area contributed by atoms with Gasteiger partial charge in [-0.25, -0.2) is 0 Å². The summed E-state index contributed by atoms with van der Waals surface area (Å²) in [5.41, 5.74) is 22.6. The first kappa shape index (κ1) is 39.7. The molecule has 1 aliphatic rings. The van der Waals surface area contributed by atoms with Gasteiger partial charge in [0.2, 0.25) is 0 Å². The molecule has 0 aromatic heterocycles. The Hall–Kier alpha value is -3.52. The van der Waals surface area contributed by atoms with Crippen LogP contribution in [0.5, 0.6) is 0 Å². The summed E-state index contributed by atoms with van der Waals surface area (Å²) in [4.78, 5) is 0. The lowest BCUT2D eigenvalue weighted by Crippen LogP contribution is -2.33. The van der Waals surface area contributed by atoms with Crippen molar-refractivity contribution < 1.29 is 0 Å². The van der Waals surface area contributed by atoms with Gasteiger partial charge in [-0.3, -0.25) is 0 Å². The molecule has 1 fully saturated rings. The van der Waals surface area contributed by atoms with Crippen molar-refractivity contribution in [3.05, 3.63) is 130 Å². The average Bonchev–Trinajstić information content (AvgIpc) is 3.18. The summed E-state index contributed by atoms with van der Waals surface area (Å²) in [7, 11) is 0. The Labute approximate surface area is 318 Å². The molecular formula is C50H70N2. The van der Waals surface area contributed by atoms with Crippen molar-refractivity contribution >= 4 is 11.4 Å². The third kappa shape index (κ3) is 10.8. The Morgan fingerprint density at radius 2 is 0.808 bits per heavy atom. The van der Waals surface area contributed by atoms with E-state index in [-0.39, 0.29) is 5.41 Å². The quantitative estimate of drug-likeness (QED) is 0.0672. The Morgan fingerprint density at radius 3 is 1.17 bits per heavy atom. The van der Waals surface area contributed by atoms with Gasteiger partial charge in [0, 0.05) is 28.6 Å². The van der Waals surface area contributed by atoms with Gasteiger partial charge in [-0.15, -0.1) is 0 Å². The van der Waals surface area contributed by atoms with E-state index >= 15 is 0 Å². The minimum atomic E-state index is 0.0621. The monoisotopic (exact) mass is 699 g/mol. The summed E-state index contributed by atoms with van der Waals surface area (Å²) in [6.45, 7) is 6.92. The molecule has 0 saturated heterocycles. The molecule has 1 aliphatic carbocycles. The Balaban J connectivity index is 1.44. The van der Waals surface area contributed by atoms with Gasteiger partial charge in [0.05, 0.1) is 0 Å². The van der Waals surface area contributed by atoms with E-state index in [0.717, 1.165) is 17.3 Å². The summed E-state index contributed by atoms with van der Waals surface area (Å²) >= 11 is 0. The summed E-state index contributed by atoms with van der Waals surface area (Å²) < 4.78 is 0. The van der Waals surface area contributed by atoms with E-state index in [1.807, 2.05) is 0 Å². The molecule has 0 heterocycles. The van der Waals surface area contributed by atoms with Crippen LogP contribution in [0, 0.1) is 5.92 Å². The third-order valence-corrected chi connectivity index (χ3v) is 12.5. The molecule has 0 radical (unpaired) electrons. The Bertz CT molecular complexity index is 1440. The molecule has 52 heavy (non-hydrogen) atoms. The second kappa shape index (κ2) is 20.6. The van der Waals surface area contributed by atoms with Crippen molar-refractivity contribution in [2.75, 3.05) is 11.5 Å². The van der Waals surface area contributed by atoms with Crippen LogP contribution in [0.25, 0.3) is 0 Å². The predicted molar refractivity (Wildman–Crippen MR) is 227 cm³/mol. The van der Waals surface area contributed by atoms with Gasteiger partial charge in [0.1, 0.15) is 0 Å². The Kier molecular flexibility index (Phi) is 15.8. The maximum atomic E-state index is 6.12. The van der Waals surface area contributed by atoms with E-state index in [4.69, 9.17) is 11.5 Å². The van der Waals surface area contributed by atoms with Gasteiger partial charge in [-0.1, -0.05) is 177 Å². The van der Waals surface area contributed by atoms with E-state index in [9.17, 15) is 0 Å². The smallest absolute Gasteiger partial charge is 0.0314 e. The highest BCUT2D eigenvalue weighted by Crippen LogP contribution is 2.48. The van der Waals surface area contributed by atoms with Crippen LogP contribution < -0.4 is 11.5 Å². The second-order valence-electron chi connectivity index (χ2n) is 16.3. The normalized spacial score (nSPS) is 18.6. The van der Waals surface area contributed by atoms with Crippen molar-refractivity contribution in [3.8, 4) is 0 Å². The fraction of sp³-hybridized carbons (Fsp3) is 0.520. The van der Waals surface area contributed by atoms with E-state index < -0.39 is 0 Å². The van der Waals surface area contributed by atoms with Gasteiger partial charge in [-0.2, -0.15) is 0 Å². The molecular weight excluding hydrogens is 629 g/mol. The van der Waals surface area contributed by atoms with Crippen LogP contribution in [0.3, 0.4) is 0 Å². The highest BCUT2D eigenvalue weighted by molar-refractivity contribution is 5.47. The summed E-state index contributed by atoms with van der Waals surface area (Å²) in [5, 5.41) is 0. The zero-order valence-corrected chi connectivity index (χ0v) is 33.1. The molecule has 2 unspecified atom stereocenters. The van der Waals surface area contributed by atoms with E-state index in [2.05, 4.69) is 118 Å². The lowest BCUT2D eigenvalue weighted by Gasteiger charge is -2.42. The third-order valence-electron chi connectivity index (χ3n) is 12.5. The second-order valence-corrected chi connectivity index (χ2v) is 16.3. The molecule has 0 aliphatic heterocycles. The first-order valence-corrected chi connectivity index (χ1v) is 21.4. The number of hydrogen-bond acceptors (Lipinski definition) is 2. The highest BCUT2D eigenvalue weighted by Gasteiger charge is 2.38. The van der Waals surface area contributed by atoms with Gasteiger partial charge in [-0.05, 0) is 102 Å². The molecule has 5 rings (SSSR count). The number of nitrogens with two attached hydrogens (primary N) is 2. The van der Waals surface area contributed by atoms with Crippen LogP contribution in [-0.2, 0) is 5.41 Å². The molecule has 2 atom stereocenters. The van der Waals surface area contributed by atoms with E-state index in [0.29, 0.717) is 11.8 Å². The fourth-order valence-corrected chi connectivity index (χ4v) is 9.19. The first-order valence-electron chi connectivity index (χ1n) is 21.4. The predicted octanol–water partition coefficient (Wildman–Crippen LogP) is 14.5. The average molecular weight is 699 g/mol. The lowest BCUT2D eigenvalue weighted by atomic mass is 9.62. The van der Waals surface area contributed by atoms with Crippen LogP contribution >= 0.6 is 0 Å². The molecule has 2 nitrogen and oxygen atoms in total. The number of benzene rings is 4. The van der Waals surface area contributed by atoms with Gasteiger partial charge in [0.25, 0.3) is 0 Å². The summed E-state index contributed by atoms with van der Waals surface area (Å²) in [6, 6.07) is 37.2. The van der Waals surface area contributed by atoms with Crippen LogP contribution in [-0.4, -0.2) is 0 Å². The molecule has 0 amide bonds. The van der Waals surface area contributed by atoms with Crippen molar-refractivity contribution in [1.82, 2.24) is 0 Å². The maximum Gasteiger partial charge on any atom is 0.0314 e. The fourth-order valence-electron chi connectivity index (χ4n) is 9.19. The minimum Gasteiger partial charge on any atom is -0.399 e.